The van der Waals surface area contributed by atoms with E-state index in [0.717, 1.165) is 24.3 Å². The highest BCUT2D eigenvalue weighted by Gasteiger charge is 2.04. The normalized spacial score (nSPS) is 9.88. The van der Waals surface area contributed by atoms with Crippen LogP contribution in [0.15, 0.2) is 12.1 Å². The summed E-state index contributed by atoms with van der Waals surface area (Å²) >= 11 is 1.33. The van der Waals surface area contributed by atoms with E-state index in [9.17, 15) is 0 Å². The second kappa shape index (κ2) is 6.44. The van der Waals surface area contributed by atoms with Crippen LogP contribution in [0.4, 0.5) is 0 Å². The molecular formula is C13H17NOS. The first-order valence-corrected chi connectivity index (χ1v) is 6.32. The average Bonchev–Trinajstić information content (AvgIpc) is 2.28. The standard InChI is InChI=1S/C13H17NOS/c1-10-8-13(15-3)11(2)7-12(10)5-4-6-16-9-14/h7-8H,4-6H2,1-3H3. The van der Waals surface area contributed by atoms with Crippen LogP contribution in [0.5, 0.6) is 5.75 Å². The second-order valence-electron chi connectivity index (χ2n) is 3.79. The molecule has 0 saturated carbocycles. The van der Waals surface area contributed by atoms with Crippen molar-refractivity contribution in [2.75, 3.05) is 12.9 Å². The van der Waals surface area contributed by atoms with Gasteiger partial charge in [0.2, 0.25) is 0 Å². The molecule has 0 N–H and O–H groups in total. The maximum atomic E-state index is 8.43. The minimum Gasteiger partial charge on any atom is -0.496 e. The van der Waals surface area contributed by atoms with Crippen molar-refractivity contribution in [3.63, 3.8) is 0 Å². The van der Waals surface area contributed by atoms with Gasteiger partial charge in [-0.3, -0.25) is 0 Å². The third-order valence-corrected chi connectivity index (χ3v) is 3.23. The number of hydrogen-bond donors (Lipinski definition) is 0. The lowest BCUT2D eigenvalue weighted by molar-refractivity contribution is 0.411. The number of aryl methyl sites for hydroxylation is 3. The molecule has 86 valence electrons. The summed E-state index contributed by atoms with van der Waals surface area (Å²) in [5.41, 5.74) is 3.80. The van der Waals surface area contributed by atoms with Crippen molar-refractivity contribution < 1.29 is 4.74 Å². The molecule has 0 unspecified atom stereocenters. The number of nitriles is 1. The van der Waals surface area contributed by atoms with E-state index in [1.54, 1.807) is 7.11 Å². The van der Waals surface area contributed by atoms with Crippen LogP contribution >= 0.6 is 11.8 Å². The minimum absolute atomic E-state index is 0.904. The number of thiocyanates is 1. The molecule has 0 aliphatic heterocycles. The van der Waals surface area contributed by atoms with Crippen LogP contribution in [-0.2, 0) is 6.42 Å². The van der Waals surface area contributed by atoms with Gasteiger partial charge in [-0.05, 0) is 61.2 Å². The third kappa shape index (κ3) is 3.46. The quantitative estimate of drug-likeness (QED) is 0.579. The summed E-state index contributed by atoms with van der Waals surface area (Å²) in [4.78, 5) is 0. The number of nitrogens with zero attached hydrogens (tertiary/aromatic N) is 1. The zero-order valence-electron chi connectivity index (χ0n) is 10.0. The van der Waals surface area contributed by atoms with Crippen molar-refractivity contribution in [3.05, 3.63) is 28.8 Å². The zero-order valence-corrected chi connectivity index (χ0v) is 10.9. The van der Waals surface area contributed by atoms with Crippen LogP contribution in [0.2, 0.25) is 0 Å². The highest BCUT2D eigenvalue weighted by Crippen LogP contribution is 2.23. The van der Waals surface area contributed by atoms with Gasteiger partial charge in [0.15, 0.2) is 0 Å². The number of rotatable bonds is 5. The lowest BCUT2D eigenvalue weighted by Gasteiger charge is -2.10. The van der Waals surface area contributed by atoms with Crippen LogP contribution < -0.4 is 4.74 Å². The molecule has 0 saturated heterocycles. The molecular weight excluding hydrogens is 218 g/mol. The fourth-order valence-electron chi connectivity index (χ4n) is 1.72. The average molecular weight is 235 g/mol. The van der Waals surface area contributed by atoms with E-state index in [0.29, 0.717) is 0 Å². The molecule has 0 aromatic heterocycles. The number of methoxy groups -OCH3 is 1. The molecule has 0 bridgehead atoms. The summed E-state index contributed by atoms with van der Waals surface area (Å²) in [5.74, 6) is 1.86. The molecule has 0 amide bonds. The van der Waals surface area contributed by atoms with Crippen molar-refractivity contribution in [1.29, 1.82) is 5.26 Å². The fraction of sp³-hybridized carbons (Fsp3) is 0.462. The molecule has 16 heavy (non-hydrogen) atoms. The topological polar surface area (TPSA) is 33.0 Å². The number of benzene rings is 1. The summed E-state index contributed by atoms with van der Waals surface area (Å²) in [6.45, 7) is 4.17. The lowest BCUT2D eigenvalue weighted by Crippen LogP contribution is -1.95. The summed E-state index contributed by atoms with van der Waals surface area (Å²) in [6, 6.07) is 4.27. The molecule has 0 aliphatic rings. The van der Waals surface area contributed by atoms with E-state index in [1.807, 2.05) is 0 Å². The first kappa shape index (κ1) is 12.9. The van der Waals surface area contributed by atoms with E-state index in [2.05, 4.69) is 31.4 Å². The van der Waals surface area contributed by atoms with Crippen molar-refractivity contribution in [2.24, 2.45) is 0 Å². The van der Waals surface area contributed by atoms with Gasteiger partial charge in [0.25, 0.3) is 0 Å². The Morgan fingerprint density at radius 2 is 2.06 bits per heavy atom. The van der Waals surface area contributed by atoms with Crippen LogP contribution in [-0.4, -0.2) is 12.9 Å². The monoisotopic (exact) mass is 235 g/mol. The summed E-state index contributed by atoms with van der Waals surface area (Å²) < 4.78 is 5.28. The Labute approximate surface area is 102 Å². The van der Waals surface area contributed by atoms with Gasteiger partial charge in [-0.15, -0.1) is 0 Å². The van der Waals surface area contributed by atoms with E-state index in [4.69, 9.17) is 10.00 Å². The number of hydrogen-bond acceptors (Lipinski definition) is 3. The van der Waals surface area contributed by atoms with E-state index >= 15 is 0 Å². The SMILES string of the molecule is COc1cc(C)c(CCCSC#N)cc1C. The molecule has 0 aliphatic carbocycles. The first-order chi connectivity index (χ1) is 7.69. The summed E-state index contributed by atoms with van der Waals surface area (Å²) in [6.07, 6.45) is 2.08. The zero-order chi connectivity index (χ0) is 12.0. The molecule has 3 heteroatoms. The van der Waals surface area contributed by atoms with Gasteiger partial charge in [0.05, 0.1) is 7.11 Å². The van der Waals surface area contributed by atoms with Crippen LogP contribution in [0.25, 0.3) is 0 Å². The fourth-order valence-corrected chi connectivity index (χ4v) is 2.10. The van der Waals surface area contributed by atoms with E-state index in [-0.39, 0.29) is 0 Å². The van der Waals surface area contributed by atoms with Crippen LogP contribution in [0, 0.1) is 24.5 Å². The van der Waals surface area contributed by atoms with Gasteiger partial charge in [-0.2, -0.15) is 5.26 Å². The molecule has 0 fully saturated rings. The Morgan fingerprint density at radius 1 is 1.31 bits per heavy atom. The maximum Gasteiger partial charge on any atom is 0.133 e. The Morgan fingerprint density at radius 3 is 2.69 bits per heavy atom. The molecule has 2 nitrogen and oxygen atoms in total. The Kier molecular flexibility index (Phi) is 5.21. The predicted molar refractivity (Wildman–Crippen MR) is 68.9 cm³/mol. The van der Waals surface area contributed by atoms with Crippen molar-refractivity contribution in [2.45, 2.75) is 26.7 Å². The van der Waals surface area contributed by atoms with Crippen molar-refractivity contribution in [3.8, 4) is 11.2 Å². The molecule has 1 aromatic rings. The minimum atomic E-state index is 0.904. The highest BCUT2D eigenvalue weighted by molar-refractivity contribution is 8.03. The smallest absolute Gasteiger partial charge is 0.133 e. The number of thioether (sulfide) groups is 1. The van der Waals surface area contributed by atoms with E-state index < -0.39 is 0 Å². The van der Waals surface area contributed by atoms with Gasteiger partial charge in [0, 0.05) is 5.75 Å². The van der Waals surface area contributed by atoms with Crippen molar-refractivity contribution in [1.82, 2.24) is 0 Å². The van der Waals surface area contributed by atoms with Crippen molar-refractivity contribution >= 4 is 11.8 Å². The van der Waals surface area contributed by atoms with Gasteiger partial charge in [-0.25, -0.2) is 0 Å². The second-order valence-corrected chi connectivity index (χ2v) is 4.67. The Balaban J connectivity index is 2.67. The molecule has 0 spiro atoms. The van der Waals surface area contributed by atoms with Crippen LogP contribution in [0.3, 0.4) is 0 Å². The van der Waals surface area contributed by atoms with Crippen LogP contribution in [0.1, 0.15) is 23.1 Å². The van der Waals surface area contributed by atoms with E-state index in [1.165, 1.54) is 28.5 Å². The Bertz CT molecular complexity index is 396. The number of ether oxygens (including phenoxy) is 1. The molecule has 0 atom stereocenters. The molecule has 0 radical (unpaired) electrons. The molecule has 1 rings (SSSR count). The highest BCUT2D eigenvalue weighted by atomic mass is 32.2. The van der Waals surface area contributed by atoms with Gasteiger partial charge in [-0.1, -0.05) is 6.07 Å². The predicted octanol–water partition coefficient (Wildman–Crippen LogP) is 3.46. The first-order valence-electron chi connectivity index (χ1n) is 5.34. The summed E-state index contributed by atoms with van der Waals surface area (Å²) in [7, 11) is 1.70. The third-order valence-electron chi connectivity index (χ3n) is 2.61. The van der Waals surface area contributed by atoms with Gasteiger partial charge >= 0.3 is 0 Å². The maximum absolute atomic E-state index is 8.43. The summed E-state index contributed by atoms with van der Waals surface area (Å²) in [5, 5.41) is 10.5. The molecule has 1 aromatic carbocycles. The lowest BCUT2D eigenvalue weighted by atomic mass is 10.0. The molecule has 0 heterocycles. The Hall–Kier alpha value is -1.14. The van der Waals surface area contributed by atoms with Gasteiger partial charge in [0.1, 0.15) is 11.2 Å². The largest absolute Gasteiger partial charge is 0.496 e. The van der Waals surface area contributed by atoms with Gasteiger partial charge < -0.3 is 4.74 Å².